The molecular weight excluding hydrogens is 272 g/mol. The molecule has 8 heteroatoms. The van der Waals surface area contributed by atoms with E-state index in [-0.39, 0.29) is 13.2 Å². The molecule has 0 heterocycles. The Hall–Kier alpha value is -1.74. The van der Waals surface area contributed by atoms with Gasteiger partial charge in [0, 0.05) is 12.2 Å². The van der Waals surface area contributed by atoms with Crippen LogP contribution < -0.4 is 0 Å². The summed E-state index contributed by atoms with van der Waals surface area (Å²) in [5.41, 5.74) is 0. The van der Waals surface area contributed by atoms with Crippen LogP contribution in [0.2, 0.25) is 0 Å². The average Bonchev–Trinajstić information content (AvgIpc) is 2.44. The average molecular weight is 294 g/mol. The van der Waals surface area contributed by atoms with Gasteiger partial charge in [0.05, 0.1) is 39.6 Å². The van der Waals surface area contributed by atoms with Crippen molar-refractivity contribution >= 4 is 11.9 Å². The van der Waals surface area contributed by atoms with Crippen LogP contribution in [0.15, 0.2) is 25.3 Å². The third-order valence-corrected chi connectivity index (χ3v) is 1.19. The summed E-state index contributed by atoms with van der Waals surface area (Å²) in [6.45, 7) is 7.65. The van der Waals surface area contributed by atoms with Gasteiger partial charge in [0.25, 0.3) is 0 Å². The van der Waals surface area contributed by atoms with Gasteiger partial charge in [0.15, 0.2) is 0 Å². The smallest absolute Gasteiger partial charge is 0.327 e. The van der Waals surface area contributed by atoms with Crippen molar-refractivity contribution < 1.29 is 39.5 Å². The molecule has 0 aromatic rings. The minimum absolute atomic E-state index is 0.0417. The van der Waals surface area contributed by atoms with Gasteiger partial charge in [-0.1, -0.05) is 13.2 Å². The van der Waals surface area contributed by atoms with Crippen LogP contribution in [0.3, 0.4) is 0 Å². The molecule has 0 rings (SSSR count). The highest BCUT2D eigenvalue weighted by molar-refractivity contribution is 5.79. The summed E-state index contributed by atoms with van der Waals surface area (Å²) in [5.74, 6) is -1.96. The molecule has 0 aliphatic carbocycles. The van der Waals surface area contributed by atoms with Crippen LogP contribution in [0, 0.1) is 0 Å². The molecule has 0 aliphatic heterocycles. The second-order valence-electron chi connectivity index (χ2n) is 2.76. The Kier molecular flexibility index (Phi) is 26.2. The zero-order chi connectivity index (χ0) is 16.2. The van der Waals surface area contributed by atoms with E-state index in [1.165, 1.54) is 0 Å². The molecule has 0 saturated heterocycles. The molecule has 20 heavy (non-hydrogen) atoms. The van der Waals surface area contributed by atoms with Gasteiger partial charge in [-0.15, -0.1) is 0 Å². The molecule has 0 aromatic heterocycles. The molecule has 0 unspecified atom stereocenters. The van der Waals surface area contributed by atoms with E-state index in [4.69, 9.17) is 29.9 Å². The van der Waals surface area contributed by atoms with E-state index in [9.17, 15) is 9.59 Å². The zero-order valence-corrected chi connectivity index (χ0v) is 11.2. The first kappa shape index (κ1) is 23.4. The van der Waals surface area contributed by atoms with Gasteiger partial charge in [-0.25, -0.2) is 9.59 Å². The lowest BCUT2D eigenvalue weighted by atomic mass is 10.7. The molecule has 8 nitrogen and oxygen atoms in total. The maximum absolute atomic E-state index is 9.25. The quantitative estimate of drug-likeness (QED) is 0.331. The van der Waals surface area contributed by atoms with E-state index >= 15 is 0 Å². The molecule has 4 N–H and O–H groups in total. The van der Waals surface area contributed by atoms with E-state index < -0.39 is 11.9 Å². The fourth-order valence-corrected chi connectivity index (χ4v) is 0.451. The summed E-state index contributed by atoms with van der Waals surface area (Å²) in [6, 6.07) is 0. The van der Waals surface area contributed by atoms with Crippen molar-refractivity contribution in [1.29, 1.82) is 0 Å². The maximum Gasteiger partial charge on any atom is 0.327 e. The zero-order valence-electron chi connectivity index (χ0n) is 11.2. The normalized spacial score (nSPS) is 8.30. The van der Waals surface area contributed by atoms with Crippen molar-refractivity contribution in [2.24, 2.45) is 0 Å². The predicted octanol–water partition coefficient (Wildman–Crippen LogP) is -0.482. The van der Waals surface area contributed by atoms with E-state index in [1.807, 2.05) is 0 Å². The maximum atomic E-state index is 9.25. The Balaban J connectivity index is -0.000000244. The predicted molar refractivity (Wildman–Crippen MR) is 71.5 cm³/mol. The number of carboxylic acid groups (broad SMARTS) is 2. The van der Waals surface area contributed by atoms with E-state index in [0.717, 1.165) is 12.2 Å². The Labute approximate surface area is 117 Å². The molecule has 0 aliphatic rings. The Morgan fingerprint density at radius 3 is 1.20 bits per heavy atom. The van der Waals surface area contributed by atoms with Crippen molar-refractivity contribution in [3.8, 4) is 0 Å². The minimum Gasteiger partial charge on any atom is -0.478 e. The molecule has 0 spiro atoms. The van der Waals surface area contributed by atoms with Crippen LogP contribution in [-0.2, 0) is 19.1 Å². The Morgan fingerprint density at radius 2 is 1.05 bits per heavy atom. The summed E-state index contributed by atoms with van der Waals surface area (Å²) in [5, 5.41) is 31.7. The molecule has 0 bridgehead atoms. The van der Waals surface area contributed by atoms with Crippen LogP contribution in [-0.4, -0.2) is 72.0 Å². The first-order valence-corrected chi connectivity index (χ1v) is 5.54. The van der Waals surface area contributed by atoms with E-state index in [1.54, 1.807) is 0 Å². The highest BCUT2D eigenvalue weighted by Gasteiger charge is 1.86. The third-order valence-electron chi connectivity index (χ3n) is 1.19. The van der Waals surface area contributed by atoms with Gasteiger partial charge in [0.1, 0.15) is 0 Å². The fraction of sp³-hybridized carbons (Fsp3) is 0.500. The van der Waals surface area contributed by atoms with E-state index in [2.05, 4.69) is 13.2 Å². The molecule has 0 saturated carbocycles. The second-order valence-corrected chi connectivity index (χ2v) is 2.76. The van der Waals surface area contributed by atoms with Crippen molar-refractivity contribution in [1.82, 2.24) is 0 Å². The topological polar surface area (TPSA) is 134 Å². The summed E-state index contributed by atoms with van der Waals surface area (Å²) in [4.78, 5) is 18.5. The third kappa shape index (κ3) is 44.2. The minimum atomic E-state index is -0.981. The van der Waals surface area contributed by atoms with Crippen molar-refractivity contribution in [3.05, 3.63) is 25.3 Å². The van der Waals surface area contributed by atoms with Gasteiger partial charge >= 0.3 is 11.9 Å². The fourth-order valence-electron chi connectivity index (χ4n) is 0.451. The number of aliphatic carboxylic acids is 2. The standard InChI is InChI=1S/C6H14O4.2C3H4O2/c7-1-3-9-5-6-10-4-2-8;2*1-2-3(4)5/h7-8H,1-6H2;2*2H,1H2,(H,4,5). The second kappa shape index (κ2) is 22.4. The highest BCUT2D eigenvalue weighted by atomic mass is 16.5. The number of carboxylic acids is 2. The summed E-state index contributed by atoms with van der Waals surface area (Å²) >= 11 is 0. The monoisotopic (exact) mass is 294 g/mol. The first-order chi connectivity index (χ1) is 9.45. The van der Waals surface area contributed by atoms with Crippen molar-refractivity contribution in [3.63, 3.8) is 0 Å². The van der Waals surface area contributed by atoms with Crippen LogP contribution in [0.25, 0.3) is 0 Å². The largest absolute Gasteiger partial charge is 0.478 e. The highest BCUT2D eigenvalue weighted by Crippen LogP contribution is 1.76. The number of aliphatic hydroxyl groups excluding tert-OH is 2. The van der Waals surface area contributed by atoms with Gasteiger partial charge in [-0.3, -0.25) is 0 Å². The van der Waals surface area contributed by atoms with Crippen LogP contribution >= 0.6 is 0 Å². The number of ether oxygens (including phenoxy) is 2. The molecule has 0 radical (unpaired) electrons. The molecular formula is C12H22O8. The number of hydrogen-bond acceptors (Lipinski definition) is 6. The lowest BCUT2D eigenvalue weighted by molar-refractivity contribution is -0.132. The molecule has 118 valence electrons. The lowest BCUT2D eigenvalue weighted by Crippen LogP contribution is -2.09. The number of carbonyl (C=O) groups is 2. The number of aliphatic hydroxyl groups is 2. The lowest BCUT2D eigenvalue weighted by Gasteiger charge is -2.01. The van der Waals surface area contributed by atoms with Gasteiger partial charge < -0.3 is 29.9 Å². The first-order valence-electron chi connectivity index (χ1n) is 5.54. The SMILES string of the molecule is C=CC(=O)O.C=CC(=O)O.OCCOCCOCCO. The van der Waals surface area contributed by atoms with Gasteiger partial charge in [-0.2, -0.15) is 0 Å². The van der Waals surface area contributed by atoms with Crippen molar-refractivity contribution in [2.75, 3.05) is 39.6 Å². The molecule has 0 atom stereocenters. The van der Waals surface area contributed by atoms with Crippen LogP contribution in [0.1, 0.15) is 0 Å². The Bertz CT molecular complexity index is 226. The van der Waals surface area contributed by atoms with Crippen molar-refractivity contribution in [2.45, 2.75) is 0 Å². The van der Waals surface area contributed by atoms with Crippen LogP contribution in [0.5, 0.6) is 0 Å². The summed E-state index contributed by atoms with van der Waals surface area (Å²) in [6.07, 6.45) is 1.67. The molecule has 0 fully saturated rings. The van der Waals surface area contributed by atoms with E-state index in [0.29, 0.717) is 26.4 Å². The summed E-state index contributed by atoms with van der Waals surface area (Å²) in [7, 11) is 0. The van der Waals surface area contributed by atoms with Gasteiger partial charge in [-0.05, 0) is 0 Å². The molecule has 0 amide bonds. The van der Waals surface area contributed by atoms with Gasteiger partial charge in [0.2, 0.25) is 0 Å². The van der Waals surface area contributed by atoms with Crippen LogP contribution in [0.4, 0.5) is 0 Å². The number of hydrogen-bond donors (Lipinski definition) is 4. The molecule has 0 aromatic carbocycles. The number of rotatable bonds is 9. The summed E-state index contributed by atoms with van der Waals surface area (Å²) < 4.78 is 9.75. The Morgan fingerprint density at radius 1 is 0.800 bits per heavy atom.